The van der Waals surface area contributed by atoms with Crippen LogP contribution >= 0.6 is 0 Å². The van der Waals surface area contributed by atoms with Crippen LogP contribution in [-0.2, 0) is 11.2 Å². The molecule has 0 saturated heterocycles. The molecule has 1 aromatic rings. The van der Waals surface area contributed by atoms with Crippen LogP contribution in [0.15, 0.2) is 12.1 Å². The number of halogens is 1. The molecule has 1 N–H and O–H groups in total. The van der Waals surface area contributed by atoms with Crippen molar-refractivity contribution in [2.24, 2.45) is 0 Å². The summed E-state index contributed by atoms with van der Waals surface area (Å²) in [5, 5.41) is 2.62. The molecule has 0 aromatic heterocycles. The molecular formula is C11H12FNO. The molecule has 0 spiro atoms. The van der Waals surface area contributed by atoms with Gasteiger partial charge in [-0.15, -0.1) is 0 Å². The summed E-state index contributed by atoms with van der Waals surface area (Å²) in [6, 6.07) is 3.64. The van der Waals surface area contributed by atoms with Gasteiger partial charge in [-0.2, -0.15) is 0 Å². The van der Waals surface area contributed by atoms with E-state index in [1.54, 1.807) is 13.0 Å². The number of carbonyl (C=O) groups excluding carboxylic acids is 1. The quantitative estimate of drug-likeness (QED) is 0.673. The Morgan fingerprint density at radius 1 is 1.36 bits per heavy atom. The van der Waals surface area contributed by atoms with Crippen LogP contribution in [0.1, 0.15) is 24.0 Å². The Bertz CT molecular complexity index is 387. The van der Waals surface area contributed by atoms with Gasteiger partial charge in [0.05, 0.1) is 5.69 Å². The number of hydrogen-bond acceptors (Lipinski definition) is 1. The maximum atomic E-state index is 13.6. The molecule has 3 heteroatoms. The van der Waals surface area contributed by atoms with Crippen LogP contribution in [0.4, 0.5) is 10.1 Å². The third-order valence-electron chi connectivity index (χ3n) is 2.54. The van der Waals surface area contributed by atoms with Crippen LogP contribution in [0, 0.1) is 12.7 Å². The van der Waals surface area contributed by atoms with Crippen molar-refractivity contribution in [3.8, 4) is 0 Å². The largest absolute Gasteiger partial charge is 0.323 e. The van der Waals surface area contributed by atoms with Crippen molar-refractivity contribution in [1.82, 2.24) is 0 Å². The van der Waals surface area contributed by atoms with E-state index < -0.39 is 0 Å². The lowest BCUT2D eigenvalue weighted by atomic mass is 10.1. The second-order valence-electron chi connectivity index (χ2n) is 3.63. The van der Waals surface area contributed by atoms with Gasteiger partial charge in [-0.05, 0) is 30.9 Å². The molecule has 0 bridgehead atoms. The van der Waals surface area contributed by atoms with E-state index in [-0.39, 0.29) is 11.7 Å². The Balaban J connectivity index is 2.51. The number of anilines is 1. The predicted octanol–water partition coefficient (Wildman–Crippen LogP) is 2.41. The number of nitrogens with one attached hydrogen (secondary N) is 1. The van der Waals surface area contributed by atoms with Crippen molar-refractivity contribution in [3.63, 3.8) is 0 Å². The molecule has 2 nitrogen and oxygen atoms in total. The first-order valence-corrected chi connectivity index (χ1v) is 4.76. The smallest absolute Gasteiger partial charge is 0.224 e. The monoisotopic (exact) mass is 193 g/mol. The highest BCUT2D eigenvalue weighted by Gasteiger charge is 2.17. The average molecular weight is 193 g/mol. The summed E-state index contributed by atoms with van der Waals surface area (Å²) in [4.78, 5) is 11.2. The topological polar surface area (TPSA) is 29.1 Å². The molecule has 0 aliphatic carbocycles. The third kappa shape index (κ3) is 1.50. The predicted molar refractivity (Wildman–Crippen MR) is 52.7 cm³/mol. The molecule has 2 rings (SSSR count). The highest BCUT2D eigenvalue weighted by atomic mass is 19.1. The van der Waals surface area contributed by atoms with E-state index in [0.29, 0.717) is 17.7 Å². The summed E-state index contributed by atoms with van der Waals surface area (Å²) < 4.78 is 13.6. The van der Waals surface area contributed by atoms with Crippen molar-refractivity contribution in [3.05, 3.63) is 29.1 Å². The summed E-state index contributed by atoms with van der Waals surface area (Å²) in [5.74, 6) is -0.383. The average Bonchev–Trinajstić information content (AvgIpc) is 2.34. The van der Waals surface area contributed by atoms with E-state index >= 15 is 0 Å². The Morgan fingerprint density at radius 3 is 2.93 bits per heavy atom. The Kier molecular flexibility index (Phi) is 2.23. The molecule has 0 saturated carbocycles. The molecule has 0 atom stereocenters. The maximum Gasteiger partial charge on any atom is 0.224 e. The van der Waals surface area contributed by atoms with Crippen LogP contribution in [-0.4, -0.2) is 5.91 Å². The Labute approximate surface area is 82.1 Å². The summed E-state index contributed by atoms with van der Waals surface area (Å²) in [6.45, 7) is 1.70. The fourth-order valence-electron chi connectivity index (χ4n) is 1.71. The van der Waals surface area contributed by atoms with Gasteiger partial charge >= 0.3 is 0 Å². The lowest BCUT2D eigenvalue weighted by molar-refractivity contribution is -0.116. The van der Waals surface area contributed by atoms with Gasteiger partial charge in [0.2, 0.25) is 5.91 Å². The highest BCUT2D eigenvalue weighted by Crippen LogP contribution is 2.26. The molecule has 1 heterocycles. The van der Waals surface area contributed by atoms with E-state index in [4.69, 9.17) is 0 Å². The SMILES string of the molecule is Cc1ccc2c(c1F)NC(=O)CCC2. The Hall–Kier alpha value is -1.38. The summed E-state index contributed by atoms with van der Waals surface area (Å²) in [7, 11) is 0. The highest BCUT2D eigenvalue weighted by molar-refractivity contribution is 5.92. The molecule has 1 aromatic carbocycles. The van der Waals surface area contributed by atoms with Crippen molar-refractivity contribution >= 4 is 11.6 Å². The maximum absolute atomic E-state index is 13.6. The first kappa shape index (κ1) is 9.19. The number of benzene rings is 1. The van der Waals surface area contributed by atoms with Gasteiger partial charge in [-0.3, -0.25) is 4.79 Å². The fraction of sp³-hybridized carbons (Fsp3) is 0.364. The zero-order valence-electron chi connectivity index (χ0n) is 8.06. The van der Waals surface area contributed by atoms with E-state index in [1.165, 1.54) is 0 Å². The first-order chi connectivity index (χ1) is 6.68. The molecule has 0 fully saturated rings. The fourth-order valence-corrected chi connectivity index (χ4v) is 1.71. The molecule has 0 radical (unpaired) electrons. The first-order valence-electron chi connectivity index (χ1n) is 4.76. The van der Waals surface area contributed by atoms with Gasteiger partial charge in [-0.1, -0.05) is 12.1 Å². The van der Waals surface area contributed by atoms with Crippen molar-refractivity contribution in [2.45, 2.75) is 26.2 Å². The minimum Gasteiger partial charge on any atom is -0.323 e. The second-order valence-corrected chi connectivity index (χ2v) is 3.63. The second kappa shape index (κ2) is 3.40. The molecule has 0 unspecified atom stereocenters. The Morgan fingerprint density at radius 2 is 2.14 bits per heavy atom. The van der Waals surface area contributed by atoms with E-state index in [2.05, 4.69) is 5.32 Å². The van der Waals surface area contributed by atoms with Crippen molar-refractivity contribution < 1.29 is 9.18 Å². The van der Waals surface area contributed by atoms with Crippen molar-refractivity contribution in [1.29, 1.82) is 0 Å². The number of rotatable bonds is 0. The zero-order valence-corrected chi connectivity index (χ0v) is 8.06. The van der Waals surface area contributed by atoms with Crippen LogP contribution in [0.2, 0.25) is 0 Å². The van der Waals surface area contributed by atoms with Gasteiger partial charge in [0.1, 0.15) is 5.82 Å². The van der Waals surface area contributed by atoms with Crippen LogP contribution in [0.5, 0.6) is 0 Å². The number of amides is 1. The summed E-state index contributed by atoms with van der Waals surface area (Å²) in [6.07, 6.45) is 2.04. The lowest BCUT2D eigenvalue weighted by Gasteiger charge is -2.09. The van der Waals surface area contributed by atoms with E-state index in [0.717, 1.165) is 18.4 Å². The van der Waals surface area contributed by atoms with Crippen LogP contribution in [0.25, 0.3) is 0 Å². The molecule has 1 aliphatic rings. The minimum absolute atomic E-state index is 0.0896. The number of hydrogen-bond donors (Lipinski definition) is 1. The van der Waals surface area contributed by atoms with Crippen molar-refractivity contribution in [2.75, 3.05) is 5.32 Å². The third-order valence-corrected chi connectivity index (χ3v) is 2.54. The van der Waals surface area contributed by atoms with Gasteiger partial charge in [0.25, 0.3) is 0 Å². The normalized spacial score (nSPS) is 15.7. The van der Waals surface area contributed by atoms with Gasteiger partial charge < -0.3 is 5.32 Å². The summed E-state index contributed by atoms with van der Waals surface area (Å²) in [5.41, 5.74) is 1.86. The number of aryl methyl sites for hydroxylation is 2. The van der Waals surface area contributed by atoms with Crippen LogP contribution in [0.3, 0.4) is 0 Å². The van der Waals surface area contributed by atoms with Gasteiger partial charge in [-0.25, -0.2) is 4.39 Å². The minimum atomic E-state index is -0.294. The van der Waals surface area contributed by atoms with Gasteiger partial charge in [0.15, 0.2) is 0 Å². The zero-order chi connectivity index (χ0) is 10.1. The molecule has 1 amide bonds. The lowest BCUT2D eigenvalue weighted by Crippen LogP contribution is -2.11. The number of fused-ring (bicyclic) bond motifs is 1. The van der Waals surface area contributed by atoms with Crippen LogP contribution < -0.4 is 5.32 Å². The molecular weight excluding hydrogens is 181 g/mol. The molecule has 14 heavy (non-hydrogen) atoms. The molecule has 74 valence electrons. The molecule has 1 aliphatic heterocycles. The van der Waals surface area contributed by atoms with E-state index in [1.807, 2.05) is 6.07 Å². The van der Waals surface area contributed by atoms with Gasteiger partial charge in [0, 0.05) is 6.42 Å². The van der Waals surface area contributed by atoms with E-state index in [9.17, 15) is 9.18 Å². The standard InChI is InChI=1S/C11H12FNO/c1-7-5-6-8-3-2-4-9(14)13-11(8)10(7)12/h5-6H,2-4H2,1H3,(H,13,14). The summed E-state index contributed by atoms with van der Waals surface area (Å²) >= 11 is 0. The number of carbonyl (C=O) groups is 1.